The van der Waals surface area contributed by atoms with Crippen LogP contribution >= 0.6 is 34.3 Å². The summed E-state index contributed by atoms with van der Waals surface area (Å²) in [6.07, 6.45) is 3.31. The van der Waals surface area contributed by atoms with Crippen LogP contribution in [0.5, 0.6) is 0 Å². The van der Waals surface area contributed by atoms with Gasteiger partial charge in [0.15, 0.2) is 5.66 Å². The summed E-state index contributed by atoms with van der Waals surface area (Å²) in [6.45, 7) is 2.70. The summed E-state index contributed by atoms with van der Waals surface area (Å²) < 4.78 is 0. The second kappa shape index (κ2) is 7.48. The molecule has 0 N–H and O–H groups in total. The van der Waals surface area contributed by atoms with Gasteiger partial charge in [0.1, 0.15) is 9.88 Å². The number of halogens is 1. The van der Waals surface area contributed by atoms with Crippen LogP contribution < -0.4 is 0 Å². The van der Waals surface area contributed by atoms with Crippen molar-refractivity contribution < 1.29 is 9.59 Å². The SMILES string of the molecule is Cc1nc(-c2cccs2)sc1C(=O)N1CCN2C(=O)c3ccncc3C21c1ccc(Cl)cc1. The number of hydrogen-bond acceptors (Lipinski definition) is 6. The van der Waals surface area contributed by atoms with E-state index in [2.05, 4.69) is 9.97 Å². The van der Waals surface area contributed by atoms with E-state index in [9.17, 15) is 9.59 Å². The van der Waals surface area contributed by atoms with Crippen LogP contribution in [0.1, 0.15) is 36.9 Å². The largest absolute Gasteiger partial charge is 0.306 e. The lowest BCUT2D eigenvalue weighted by atomic mass is 9.91. The molecule has 1 fully saturated rings. The number of aryl methyl sites for hydroxylation is 1. The van der Waals surface area contributed by atoms with E-state index in [0.717, 1.165) is 15.4 Å². The molecule has 0 aliphatic carbocycles. The Morgan fingerprint density at radius 1 is 1.15 bits per heavy atom. The molecule has 0 saturated carbocycles. The molecule has 2 amide bonds. The van der Waals surface area contributed by atoms with Crippen molar-refractivity contribution in [3.63, 3.8) is 0 Å². The summed E-state index contributed by atoms with van der Waals surface area (Å²) in [5.41, 5.74) is 1.70. The highest BCUT2D eigenvalue weighted by Gasteiger charge is 2.60. The Labute approximate surface area is 203 Å². The van der Waals surface area contributed by atoms with Crippen molar-refractivity contribution in [2.75, 3.05) is 13.1 Å². The van der Waals surface area contributed by atoms with Gasteiger partial charge in [0.05, 0.1) is 16.1 Å². The summed E-state index contributed by atoms with van der Waals surface area (Å²) in [7, 11) is 0. The van der Waals surface area contributed by atoms with E-state index in [1.165, 1.54) is 11.3 Å². The zero-order chi connectivity index (χ0) is 22.7. The van der Waals surface area contributed by atoms with E-state index in [1.54, 1.807) is 51.7 Å². The molecular weight excluding hydrogens is 476 g/mol. The Kier molecular flexibility index (Phi) is 4.65. The Balaban J connectivity index is 1.53. The molecule has 1 saturated heterocycles. The second-order valence-electron chi connectivity index (χ2n) is 7.92. The highest BCUT2D eigenvalue weighted by atomic mass is 35.5. The maximum atomic E-state index is 14.1. The van der Waals surface area contributed by atoms with E-state index in [0.29, 0.717) is 39.8 Å². The first-order valence-electron chi connectivity index (χ1n) is 10.4. The second-order valence-corrected chi connectivity index (χ2v) is 10.3. The number of pyridine rings is 1. The number of thiazole rings is 1. The number of carbonyl (C=O) groups excluding carboxylic acids is 2. The number of amides is 2. The van der Waals surface area contributed by atoms with Crippen LogP contribution in [0.4, 0.5) is 0 Å². The van der Waals surface area contributed by atoms with Crippen LogP contribution in [0.15, 0.2) is 60.2 Å². The topological polar surface area (TPSA) is 66.4 Å². The van der Waals surface area contributed by atoms with Gasteiger partial charge in [-0.15, -0.1) is 22.7 Å². The fourth-order valence-corrected chi connectivity index (χ4v) is 6.77. The molecular formula is C24H17ClN4O2S2. The maximum Gasteiger partial charge on any atom is 0.268 e. The standard InChI is InChI=1S/C24H17ClN4O2S2/c1-14-20(33-21(27-14)19-3-2-12-32-19)23(31)29-11-10-28-22(30)17-8-9-26-13-18(17)24(28,29)15-4-6-16(25)7-5-15/h2-9,12-13H,10-11H2,1H3. The van der Waals surface area contributed by atoms with Crippen LogP contribution in [-0.4, -0.2) is 44.7 Å². The quantitative estimate of drug-likeness (QED) is 0.402. The maximum absolute atomic E-state index is 14.1. The summed E-state index contributed by atoms with van der Waals surface area (Å²) in [6, 6.07) is 13.0. The van der Waals surface area contributed by atoms with Gasteiger partial charge in [-0.1, -0.05) is 29.8 Å². The molecule has 2 aliphatic rings. The molecule has 1 aromatic carbocycles. The Bertz CT molecular complexity index is 1400. The number of thiophene rings is 1. The predicted octanol–water partition coefficient (Wildman–Crippen LogP) is 5.04. The lowest BCUT2D eigenvalue weighted by molar-refractivity contribution is 0.0377. The zero-order valence-electron chi connectivity index (χ0n) is 17.5. The third-order valence-corrected chi connectivity index (χ3v) is 8.65. The molecule has 5 heterocycles. The van der Waals surface area contributed by atoms with Gasteiger partial charge >= 0.3 is 0 Å². The molecule has 0 bridgehead atoms. The minimum atomic E-state index is -1.07. The van der Waals surface area contributed by atoms with Crippen molar-refractivity contribution >= 4 is 46.1 Å². The summed E-state index contributed by atoms with van der Waals surface area (Å²) >= 11 is 9.16. The van der Waals surface area contributed by atoms with Gasteiger partial charge < -0.3 is 9.80 Å². The Morgan fingerprint density at radius 3 is 2.73 bits per heavy atom. The molecule has 1 unspecified atom stereocenters. The van der Waals surface area contributed by atoms with Gasteiger partial charge in [-0.05, 0) is 36.6 Å². The van der Waals surface area contributed by atoms with Crippen molar-refractivity contribution in [3.05, 3.63) is 92.5 Å². The third-order valence-electron chi connectivity index (χ3n) is 6.22. The highest BCUT2D eigenvalue weighted by molar-refractivity contribution is 7.22. The lowest BCUT2D eigenvalue weighted by Gasteiger charge is -2.40. The van der Waals surface area contributed by atoms with E-state index >= 15 is 0 Å². The molecule has 4 aromatic rings. The average Bonchev–Trinajstić information content (AvgIpc) is 3.59. The number of nitrogens with zero attached hydrogens (tertiary/aromatic N) is 4. The molecule has 6 rings (SSSR count). The van der Waals surface area contributed by atoms with Crippen LogP contribution in [0.3, 0.4) is 0 Å². The van der Waals surface area contributed by atoms with Gasteiger partial charge in [0.25, 0.3) is 11.8 Å². The number of aromatic nitrogens is 2. The molecule has 164 valence electrons. The molecule has 9 heteroatoms. The van der Waals surface area contributed by atoms with Crippen molar-refractivity contribution in [2.24, 2.45) is 0 Å². The molecule has 0 radical (unpaired) electrons. The van der Waals surface area contributed by atoms with Gasteiger partial charge in [-0.3, -0.25) is 14.6 Å². The zero-order valence-corrected chi connectivity index (χ0v) is 19.9. The van der Waals surface area contributed by atoms with Crippen molar-refractivity contribution in [1.29, 1.82) is 0 Å². The van der Waals surface area contributed by atoms with Crippen LogP contribution in [0.25, 0.3) is 9.88 Å². The van der Waals surface area contributed by atoms with Gasteiger partial charge in [0.2, 0.25) is 0 Å². The molecule has 2 aliphatic heterocycles. The van der Waals surface area contributed by atoms with Crippen LogP contribution in [0, 0.1) is 6.92 Å². The van der Waals surface area contributed by atoms with Gasteiger partial charge in [0, 0.05) is 41.6 Å². The van der Waals surface area contributed by atoms with Crippen LogP contribution in [0.2, 0.25) is 5.02 Å². The number of benzene rings is 1. The molecule has 1 atom stereocenters. The van der Waals surface area contributed by atoms with Crippen molar-refractivity contribution in [1.82, 2.24) is 19.8 Å². The predicted molar refractivity (Wildman–Crippen MR) is 129 cm³/mol. The number of fused-ring (bicyclic) bond motifs is 3. The van der Waals surface area contributed by atoms with E-state index in [1.807, 2.05) is 36.6 Å². The van der Waals surface area contributed by atoms with Crippen molar-refractivity contribution in [2.45, 2.75) is 12.6 Å². The Morgan fingerprint density at radius 2 is 1.97 bits per heavy atom. The fraction of sp³-hybridized carbons (Fsp3) is 0.167. The third kappa shape index (κ3) is 2.84. The molecule has 3 aromatic heterocycles. The summed E-state index contributed by atoms with van der Waals surface area (Å²) in [5, 5.41) is 3.41. The number of hydrogen-bond donors (Lipinski definition) is 0. The first-order chi connectivity index (χ1) is 16.0. The molecule has 6 nitrogen and oxygen atoms in total. The highest BCUT2D eigenvalue weighted by Crippen LogP contribution is 2.50. The number of rotatable bonds is 3. The minimum Gasteiger partial charge on any atom is -0.306 e. The molecule has 0 spiro atoms. The van der Waals surface area contributed by atoms with Gasteiger partial charge in [-0.25, -0.2) is 4.98 Å². The summed E-state index contributed by atoms with van der Waals surface area (Å²) in [5.74, 6) is -0.243. The van der Waals surface area contributed by atoms with Crippen LogP contribution in [-0.2, 0) is 5.66 Å². The summed E-state index contributed by atoms with van der Waals surface area (Å²) in [4.78, 5) is 41.6. The normalized spacial score (nSPS) is 19.2. The van der Waals surface area contributed by atoms with Crippen molar-refractivity contribution in [3.8, 4) is 9.88 Å². The van der Waals surface area contributed by atoms with E-state index in [-0.39, 0.29) is 11.8 Å². The Hall–Kier alpha value is -3.07. The smallest absolute Gasteiger partial charge is 0.268 e. The monoisotopic (exact) mass is 492 g/mol. The lowest BCUT2D eigenvalue weighted by Crippen LogP contribution is -2.51. The average molecular weight is 493 g/mol. The minimum absolute atomic E-state index is 0.0991. The fourth-order valence-electron chi connectivity index (χ4n) is 4.83. The first kappa shape index (κ1) is 20.5. The van der Waals surface area contributed by atoms with Gasteiger partial charge in [-0.2, -0.15) is 0 Å². The number of carbonyl (C=O) groups is 2. The van der Waals surface area contributed by atoms with E-state index in [4.69, 9.17) is 11.6 Å². The molecule has 33 heavy (non-hydrogen) atoms. The van der Waals surface area contributed by atoms with E-state index < -0.39 is 5.66 Å². The first-order valence-corrected chi connectivity index (χ1v) is 12.4.